The molecule has 0 aliphatic carbocycles. The minimum atomic E-state index is -1.10. The molecule has 5 nitrogen and oxygen atoms in total. The van der Waals surface area contributed by atoms with Gasteiger partial charge in [-0.1, -0.05) is 194 Å². The van der Waals surface area contributed by atoms with Crippen molar-refractivity contribution in [2.24, 2.45) is 0 Å². The molecule has 88 heavy (non-hydrogen) atoms. The van der Waals surface area contributed by atoms with E-state index in [1.807, 2.05) is 24.3 Å². The van der Waals surface area contributed by atoms with Gasteiger partial charge in [0.15, 0.2) is 0 Å². The van der Waals surface area contributed by atoms with Crippen molar-refractivity contribution in [2.45, 2.75) is 19.4 Å². The summed E-state index contributed by atoms with van der Waals surface area (Å²) < 4.78 is 48.7. The average molecular weight is 1130 g/mol. The molecule has 0 N–H and O–H groups in total. The Bertz CT molecular complexity index is 5580. The van der Waals surface area contributed by atoms with Crippen molar-refractivity contribution in [1.29, 1.82) is 0 Å². The monoisotopic (exact) mass is 1130 g/mol. The second kappa shape index (κ2) is 18.9. The predicted octanol–water partition coefficient (Wildman–Crippen LogP) is 21.6. The molecule has 0 atom stereocenters. The molecule has 7 heteroatoms. The first-order valence-corrected chi connectivity index (χ1v) is 30.1. The summed E-state index contributed by atoms with van der Waals surface area (Å²) in [5.41, 5.74) is 15.3. The third kappa shape index (κ3) is 6.89. The highest BCUT2D eigenvalue weighted by molar-refractivity contribution is 6.28. The molecule has 0 aliphatic rings. The lowest BCUT2D eigenvalue weighted by molar-refractivity contribution is 0.466. The smallest absolute Gasteiger partial charge is 0.131 e. The van der Waals surface area contributed by atoms with Crippen LogP contribution in [0.3, 0.4) is 0 Å². The summed E-state index contributed by atoms with van der Waals surface area (Å²) >= 11 is 0. The third-order valence-electron chi connectivity index (χ3n) is 18.8. The largest absolute Gasteiger partial charge is 0.331 e. The van der Waals surface area contributed by atoms with Crippen molar-refractivity contribution < 1.29 is 8.78 Å². The summed E-state index contributed by atoms with van der Waals surface area (Å²) in [7, 11) is 0. The second-order valence-electron chi connectivity index (χ2n) is 23.7. The highest BCUT2D eigenvalue weighted by atomic mass is 19.1. The van der Waals surface area contributed by atoms with Crippen LogP contribution in [-0.4, -0.2) is 22.8 Å². The zero-order valence-corrected chi connectivity index (χ0v) is 48.1. The summed E-state index contributed by atoms with van der Waals surface area (Å²) in [6, 6.07) is 98.5. The van der Waals surface area contributed by atoms with Gasteiger partial charge in [-0.3, -0.25) is 0 Å². The van der Waals surface area contributed by atoms with Gasteiger partial charge in [0.05, 0.1) is 61.0 Å². The number of aromatic nitrogens is 5. The fourth-order valence-corrected chi connectivity index (χ4v) is 15.4. The number of fused-ring (bicyclic) bond motifs is 17. The van der Waals surface area contributed by atoms with E-state index < -0.39 is 17.2 Å². The molecular weight excluding hydrogens is 1080 g/mol. The van der Waals surface area contributed by atoms with Gasteiger partial charge in [0.1, 0.15) is 11.6 Å². The number of halogens is 2. The molecule has 0 unspecified atom stereocenters. The van der Waals surface area contributed by atoms with Crippen LogP contribution in [0.4, 0.5) is 8.78 Å². The summed E-state index contributed by atoms with van der Waals surface area (Å²) in [6.07, 6.45) is 0. The zero-order chi connectivity index (χ0) is 58.5. The Hall–Kier alpha value is -11.3. The molecule has 0 amide bonds. The van der Waals surface area contributed by atoms with Crippen LogP contribution < -0.4 is 0 Å². The summed E-state index contributed by atoms with van der Waals surface area (Å²) in [6.45, 7) is 4.50. The van der Waals surface area contributed by atoms with Crippen LogP contribution >= 0.6 is 0 Å². The van der Waals surface area contributed by atoms with E-state index in [4.69, 9.17) is 0 Å². The van der Waals surface area contributed by atoms with Crippen LogP contribution in [0.1, 0.15) is 19.4 Å². The van der Waals surface area contributed by atoms with Gasteiger partial charge in [-0.25, -0.2) is 8.78 Å². The minimum absolute atomic E-state index is 0.394. The molecule has 18 aromatic rings. The normalized spacial score (nSPS) is 12.3. The number of rotatable bonds is 8. The molecule has 416 valence electrons. The fourth-order valence-electron chi connectivity index (χ4n) is 15.4. The fraction of sp³-hybridized carbons (Fsp3) is 0.0370. The average Bonchev–Trinajstić information content (AvgIpc) is 1.52. The molecule has 5 aromatic heterocycles. The maximum Gasteiger partial charge on any atom is 0.131 e. The maximum atomic E-state index is 18.4. The van der Waals surface area contributed by atoms with Crippen LogP contribution in [0.25, 0.3) is 154 Å². The van der Waals surface area contributed by atoms with E-state index in [9.17, 15) is 0 Å². The van der Waals surface area contributed by atoms with Crippen molar-refractivity contribution in [3.05, 3.63) is 302 Å². The van der Waals surface area contributed by atoms with Crippen LogP contribution in [0.2, 0.25) is 0 Å². The first-order chi connectivity index (χ1) is 43.3. The van der Waals surface area contributed by atoms with Crippen LogP contribution in [0.15, 0.2) is 285 Å². The highest BCUT2D eigenvalue weighted by Crippen LogP contribution is 2.54. The molecule has 0 spiro atoms. The Morgan fingerprint density at radius 2 is 0.591 bits per heavy atom. The van der Waals surface area contributed by atoms with Crippen LogP contribution in [0.5, 0.6) is 0 Å². The van der Waals surface area contributed by atoms with Crippen LogP contribution in [0, 0.1) is 11.6 Å². The van der Waals surface area contributed by atoms with E-state index in [-0.39, 0.29) is 0 Å². The molecule has 0 aliphatic heterocycles. The van der Waals surface area contributed by atoms with Gasteiger partial charge in [-0.2, -0.15) is 0 Å². The minimum Gasteiger partial charge on any atom is -0.331 e. The predicted molar refractivity (Wildman–Crippen MR) is 362 cm³/mol. The Kier molecular flexibility index (Phi) is 10.7. The number of hydrogen-bond acceptors (Lipinski definition) is 0. The molecule has 0 saturated carbocycles. The first-order valence-electron chi connectivity index (χ1n) is 30.1. The van der Waals surface area contributed by atoms with Crippen molar-refractivity contribution >= 4 is 109 Å². The Labute approximate surface area is 504 Å². The Morgan fingerprint density at radius 3 is 0.989 bits per heavy atom. The van der Waals surface area contributed by atoms with E-state index >= 15 is 8.78 Å². The lowest BCUT2D eigenvalue weighted by atomic mass is 9.78. The quantitative estimate of drug-likeness (QED) is 0.145. The lowest BCUT2D eigenvalue weighted by Crippen LogP contribution is -2.30. The van der Waals surface area contributed by atoms with Gasteiger partial charge >= 0.3 is 0 Å². The van der Waals surface area contributed by atoms with Gasteiger partial charge in [-0.05, 0) is 110 Å². The molecule has 5 heterocycles. The van der Waals surface area contributed by atoms with Gasteiger partial charge in [0.2, 0.25) is 0 Å². The van der Waals surface area contributed by atoms with Crippen molar-refractivity contribution in [3.8, 4) is 45.0 Å². The SMILES string of the molecule is CC(C)(c1c(-c2ccccc2F)c(-n2c3ccccc3c3ccc4c(c5ccccc5n4-c4ccccc4)c32)cc(-n2c3ccccc3c3ccc4c(c5ccccc5n4-c4ccccc4)c32)c1-c1ccccc1F)n1c2ccccc2c2ccccc21. The number of benzene rings is 13. The van der Waals surface area contributed by atoms with Crippen molar-refractivity contribution in [2.75, 3.05) is 0 Å². The van der Waals surface area contributed by atoms with E-state index in [1.54, 1.807) is 24.3 Å². The van der Waals surface area contributed by atoms with E-state index in [1.165, 1.54) is 0 Å². The van der Waals surface area contributed by atoms with Gasteiger partial charge < -0.3 is 22.8 Å². The maximum absolute atomic E-state index is 18.4. The third-order valence-corrected chi connectivity index (χ3v) is 18.8. The molecule has 0 radical (unpaired) electrons. The molecule has 18 rings (SSSR count). The van der Waals surface area contributed by atoms with Crippen LogP contribution in [-0.2, 0) is 5.54 Å². The van der Waals surface area contributed by atoms with Gasteiger partial charge in [0, 0.05) is 98.5 Å². The molecular formula is C81H53F2N5. The van der Waals surface area contributed by atoms with E-state index in [0.717, 1.165) is 137 Å². The second-order valence-corrected chi connectivity index (χ2v) is 23.7. The van der Waals surface area contributed by atoms with Gasteiger partial charge in [0.25, 0.3) is 0 Å². The summed E-state index contributed by atoms with van der Waals surface area (Å²) in [5, 5.41) is 10.6. The molecule has 0 bridgehead atoms. The highest BCUT2D eigenvalue weighted by Gasteiger charge is 2.39. The lowest BCUT2D eigenvalue weighted by Gasteiger charge is -2.37. The van der Waals surface area contributed by atoms with Crippen molar-refractivity contribution in [3.63, 3.8) is 0 Å². The van der Waals surface area contributed by atoms with E-state index in [2.05, 4.69) is 273 Å². The topological polar surface area (TPSA) is 24.6 Å². The first kappa shape index (κ1) is 50.1. The standard InChI is InChI=1S/C81H53F2N5/c1-81(2,88-68-43-23-13-29-52(68)53-30-14-24-44-69(53)88)78-74(58-33-9-17-37-62(58)82)72(86-64-39-19-11-31-54(64)56-45-47-70-76(79(56)86)60-35-15-21-41-66(60)84(70)50-25-5-3-6-26-50)49-73(75(78)59-34-10-18-38-63(59)83)87-65-40-20-12-32-55(65)57-46-48-71-77(80(57)87)61-36-16-22-42-67(61)85(71)51-27-7-4-8-28-51/h3-49H,1-2H3. The molecule has 0 fully saturated rings. The Morgan fingerprint density at radius 1 is 0.273 bits per heavy atom. The molecule has 0 saturated heterocycles. The summed E-state index contributed by atoms with van der Waals surface area (Å²) in [4.78, 5) is 0. The van der Waals surface area contributed by atoms with Gasteiger partial charge in [-0.15, -0.1) is 0 Å². The summed E-state index contributed by atoms with van der Waals surface area (Å²) in [5.74, 6) is -0.789. The molecule has 13 aromatic carbocycles. The number of para-hydroxylation sites is 8. The van der Waals surface area contributed by atoms with E-state index in [0.29, 0.717) is 22.3 Å². The van der Waals surface area contributed by atoms with Crippen molar-refractivity contribution in [1.82, 2.24) is 22.8 Å². The Balaban J connectivity index is 1.14. The number of nitrogens with zero attached hydrogens (tertiary/aromatic N) is 5. The zero-order valence-electron chi connectivity index (χ0n) is 48.1. The number of hydrogen-bond donors (Lipinski definition) is 0.